The number of nitrogens with one attached hydrogen (secondary N) is 1. The summed E-state index contributed by atoms with van der Waals surface area (Å²) in [5.74, 6) is -0.506. The number of fused-ring (bicyclic) bond motifs is 1. The summed E-state index contributed by atoms with van der Waals surface area (Å²) in [6, 6.07) is 13.2. The molecule has 40 heavy (non-hydrogen) atoms. The number of amides is 1. The number of anilines is 4. The first-order valence-electron chi connectivity index (χ1n) is 13.1. The third-order valence-corrected chi connectivity index (χ3v) is 7.34. The molecule has 0 atom stereocenters. The summed E-state index contributed by atoms with van der Waals surface area (Å²) in [4.78, 5) is 25.6. The van der Waals surface area contributed by atoms with Crippen molar-refractivity contribution in [2.45, 2.75) is 19.8 Å². The van der Waals surface area contributed by atoms with Gasteiger partial charge in [-0.3, -0.25) is 9.69 Å². The summed E-state index contributed by atoms with van der Waals surface area (Å²) in [6.45, 7) is 4.75. The van der Waals surface area contributed by atoms with Gasteiger partial charge in [0, 0.05) is 61.6 Å². The molecule has 2 aromatic carbocycles. The molecule has 8 nitrogen and oxygen atoms in total. The van der Waals surface area contributed by atoms with Crippen LogP contribution >= 0.6 is 0 Å². The molecule has 2 aromatic heterocycles. The van der Waals surface area contributed by atoms with E-state index in [2.05, 4.69) is 21.3 Å². The van der Waals surface area contributed by atoms with Gasteiger partial charge in [0.1, 0.15) is 23.3 Å². The molecular weight excluding hydrogens is 514 g/mol. The van der Waals surface area contributed by atoms with E-state index in [1.54, 1.807) is 36.2 Å². The molecule has 2 aliphatic rings. The van der Waals surface area contributed by atoms with E-state index >= 15 is 4.39 Å². The normalized spacial score (nSPS) is 15.5. The molecule has 0 aliphatic carbocycles. The average molecular weight is 541 g/mol. The zero-order valence-corrected chi connectivity index (χ0v) is 21.9. The van der Waals surface area contributed by atoms with Gasteiger partial charge in [0.15, 0.2) is 0 Å². The summed E-state index contributed by atoms with van der Waals surface area (Å²) >= 11 is 0. The van der Waals surface area contributed by atoms with Crippen LogP contribution in [0.15, 0.2) is 48.7 Å². The highest BCUT2D eigenvalue weighted by Gasteiger charge is 2.28. The maximum absolute atomic E-state index is 15.4. The molecule has 6 rings (SSSR count). The maximum atomic E-state index is 15.4. The van der Waals surface area contributed by atoms with E-state index in [0.29, 0.717) is 85.4 Å². The summed E-state index contributed by atoms with van der Waals surface area (Å²) in [5, 5.41) is 13.0. The number of pyridine rings is 2. The van der Waals surface area contributed by atoms with Crippen LogP contribution < -0.4 is 15.1 Å². The highest BCUT2D eigenvalue weighted by molar-refractivity contribution is 6.03. The highest BCUT2D eigenvalue weighted by Crippen LogP contribution is 2.40. The predicted octanol–water partition coefficient (Wildman–Crippen LogP) is 5.46. The van der Waals surface area contributed by atoms with Crippen LogP contribution in [-0.2, 0) is 9.53 Å². The second-order valence-corrected chi connectivity index (χ2v) is 9.87. The minimum absolute atomic E-state index is 0.0784. The molecule has 0 radical (unpaired) electrons. The fraction of sp³-hybridized carbons (Fsp3) is 0.267. The van der Waals surface area contributed by atoms with Crippen molar-refractivity contribution in [2.75, 3.05) is 48.0 Å². The van der Waals surface area contributed by atoms with Gasteiger partial charge in [-0.15, -0.1) is 0 Å². The van der Waals surface area contributed by atoms with Crippen LogP contribution in [0.1, 0.15) is 24.0 Å². The Kier molecular flexibility index (Phi) is 6.74. The molecule has 4 heterocycles. The van der Waals surface area contributed by atoms with E-state index in [1.165, 1.54) is 6.07 Å². The number of benzene rings is 2. The first kappa shape index (κ1) is 25.6. The molecule has 0 saturated carbocycles. The zero-order valence-electron chi connectivity index (χ0n) is 21.9. The van der Waals surface area contributed by atoms with Gasteiger partial charge in [0.25, 0.3) is 0 Å². The van der Waals surface area contributed by atoms with Crippen molar-refractivity contribution in [3.05, 3.63) is 71.4 Å². The minimum atomic E-state index is -0.761. The second-order valence-electron chi connectivity index (χ2n) is 9.87. The van der Waals surface area contributed by atoms with Gasteiger partial charge >= 0.3 is 0 Å². The van der Waals surface area contributed by atoms with Crippen molar-refractivity contribution in [1.82, 2.24) is 9.97 Å². The van der Waals surface area contributed by atoms with Gasteiger partial charge in [-0.05, 0) is 31.0 Å². The number of hydrogen-bond acceptors (Lipinski definition) is 7. The molecule has 0 spiro atoms. The summed E-state index contributed by atoms with van der Waals surface area (Å²) in [6.07, 6.45) is 2.81. The van der Waals surface area contributed by atoms with Crippen molar-refractivity contribution in [1.29, 1.82) is 5.26 Å². The Morgan fingerprint density at radius 2 is 1.93 bits per heavy atom. The van der Waals surface area contributed by atoms with Crippen LogP contribution in [0.3, 0.4) is 0 Å². The number of hydrogen-bond donors (Lipinski definition) is 1. The van der Waals surface area contributed by atoms with E-state index in [-0.39, 0.29) is 16.8 Å². The lowest BCUT2D eigenvalue weighted by Gasteiger charge is -2.29. The van der Waals surface area contributed by atoms with Gasteiger partial charge in [0.05, 0.1) is 47.1 Å². The number of nitrogens with zero attached hydrogens (tertiary/aromatic N) is 5. The van der Waals surface area contributed by atoms with Crippen LogP contribution in [0, 0.1) is 29.9 Å². The van der Waals surface area contributed by atoms with E-state index in [0.717, 1.165) is 11.6 Å². The van der Waals surface area contributed by atoms with E-state index < -0.39 is 11.6 Å². The Morgan fingerprint density at radius 1 is 1.10 bits per heavy atom. The lowest BCUT2D eigenvalue weighted by molar-refractivity contribution is -0.117. The molecular formula is C30H26F2N6O2. The number of ether oxygens (including phenoxy) is 1. The number of nitriles is 1. The first-order chi connectivity index (χ1) is 19.4. The zero-order chi connectivity index (χ0) is 27.8. The SMILES string of the molecule is Cc1c(N2CCCC2=O)nc2cc(F)cc(F)c2c1Nc1cc(N2CCOCC2)ncc1-c1cccc(C#N)c1. The Labute approximate surface area is 229 Å². The Balaban J connectivity index is 1.56. The average Bonchev–Trinajstić information content (AvgIpc) is 3.40. The Hall–Kier alpha value is -4.62. The summed E-state index contributed by atoms with van der Waals surface area (Å²) < 4.78 is 35.2. The van der Waals surface area contributed by atoms with Gasteiger partial charge < -0.3 is 15.0 Å². The number of carbonyl (C=O) groups is 1. The summed E-state index contributed by atoms with van der Waals surface area (Å²) in [5.41, 5.74) is 3.60. The molecule has 2 aliphatic heterocycles. The van der Waals surface area contributed by atoms with Crippen LogP contribution in [-0.4, -0.2) is 48.7 Å². The fourth-order valence-electron chi connectivity index (χ4n) is 5.32. The van der Waals surface area contributed by atoms with Crippen LogP contribution in [0.4, 0.5) is 31.8 Å². The lowest BCUT2D eigenvalue weighted by Crippen LogP contribution is -2.36. The number of rotatable bonds is 5. The number of morpholine rings is 1. The van der Waals surface area contributed by atoms with Gasteiger partial charge in [-0.2, -0.15) is 5.26 Å². The van der Waals surface area contributed by atoms with Crippen LogP contribution in [0.2, 0.25) is 0 Å². The smallest absolute Gasteiger partial charge is 0.228 e. The summed E-state index contributed by atoms with van der Waals surface area (Å²) in [7, 11) is 0. The third kappa shape index (κ3) is 4.69. The predicted molar refractivity (Wildman–Crippen MR) is 149 cm³/mol. The minimum Gasteiger partial charge on any atom is -0.378 e. The molecule has 2 saturated heterocycles. The standard InChI is InChI=1S/C30H26F2N6O2/c1-18-29(28-23(32)13-21(31)14-25(28)36-30(18)38-7-3-6-27(38)39)35-24-15-26(37-8-10-40-11-9-37)34-17-22(24)20-5-2-4-19(12-20)16-33/h2,4-5,12-15,17H,3,6-11H2,1H3,(H,34,35,36). The van der Waals surface area contributed by atoms with E-state index in [4.69, 9.17) is 9.72 Å². The number of carbonyl (C=O) groups excluding carboxylic acids is 1. The van der Waals surface area contributed by atoms with E-state index in [9.17, 15) is 14.4 Å². The topological polar surface area (TPSA) is 94.4 Å². The van der Waals surface area contributed by atoms with E-state index in [1.807, 2.05) is 12.1 Å². The molecule has 2 fully saturated rings. The quantitative estimate of drug-likeness (QED) is 0.359. The molecule has 0 unspecified atom stereocenters. The molecule has 10 heteroatoms. The number of halogens is 2. The largest absolute Gasteiger partial charge is 0.378 e. The Morgan fingerprint density at radius 3 is 2.67 bits per heavy atom. The number of aromatic nitrogens is 2. The second kappa shape index (κ2) is 10.5. The lowest BCUT2D eigenvalue weighted by atomic mass is 10.0. The molecule has 1 N–H and O–H groups in total. The first-order valence-corrected chi connectivity index (χ1v) is 13.1. The van der Waals surface area contributed by atoms with Gasteiger partial charge in [0.2, 0.25) is 5.91 Å². The monoisotopic (exact) mass is 540 g/mol. The van der Waals surface area contributed by atoms with Gasteiger partial charge in [-0.25, -0.2) is 18.7 Å². The van der Waals surface area contributed by atoms with Crippen molar-refractivity contribution in [3.8, 4) is 17.2 Å². The molecule has 0 bridgehead atoms. The van der Waals surface area contributed by atoms with Crippen LogP contribution in [0.5, 0.6) is 0 Å². The third-order valence-electron chi connectivity index (χ3n) is 7.34. The molecule has 202 valence electrons. The van der Waals surface area contributed by atoms with Crippen molar-refractivity contribution >= 4 is 39.8 Å². The molecule has 1 amide bonds. The van der Waals surface area contributed by atoms with Crippen LogP contribution in [0.25, 0.3) is 22.0 Å². The maximum Gasteiger partial charge on any atom is 0.228 e. The Bertz CT molecular complexity index is 1680. The highest BCUT2D eigenvalue weighted by atomic mass is 19.1. The van der Waals surface area contributed by atoms with Crippen molar-refractivity contribution in [3.63, 3.8) is 0 Å². The molecule has 4 aromatic rings. The fourth-order valence-corrected chi connectivity index (χ4v) is 5.32. The van der Waals surface area contributed by atoms with Crippen molar-refractivity contribution in [2.24, 2.45) is 0 Å². The van der Waals surface area contributed by atoms with Gasteiger partial charge in [-0.1, -0.05) is 12.1 Å². The van der Waals surface area contributed by atoms with Crippen molar-refractivity contribution < 1.29 is 18.3 Å².